The van der Waals surface area contributed by atoms with Gasteiger partial charge in [-0.2, -0.15) is 13.2 Å². The Kier molecular flexibility index (Phi) is 1.51. The number of halogens is 3. The van der Waals surface area contributed by atoms with Gasteiger partial charge in [0.05, 0.1) is 0 Å². The van der Waals surface area contributed by atoms with Gasteiger partial charge in [0.15, 0.2) is 5.69 Å². The number of rotatable bonds is 0. The summed E-state index contributed by atoms with van der Waals surface area (Å²) in [6, 6.07) is 1.41. The van der Waals surface area contributed by atoms with Crippen LogP contribution in [0.15, 0.2) is 24.8 Å². The van der Waals surface area contributed by atoms with Crippen molar-refractivity contribution < 1.29 is 13.2 Å². The van der Waals surface area contributed by atoms with Crippen molar-refractivity contribution in [2.75, 3.05) is 0 Å². The Balaban J connectivity index is 2.63. The van der Waals surface area contributed by atoms with E-state index in [1.807, 2.05) is 0 Å². The molecule has 6 heteroatoms. The van der Waals surface area contributed by atoms with Crippen molar-refractivity contribution in [2.45, 2.75) is 6.18 Å². The molecular weight excluding hydrogens is 183 g/mol. The molecule has 2 heterocycles. The van der Waals surface area contributed by atoms with Crippen LogP contribution in [0.4, 0.5) is 13.2 Å². The molecule has 2 aromatic rings. The first-order valence-electron chi connectivity index (χ1n) is 3.43. The summed E-state index contributed by atoms with van der Waals surface area (Å²) in [7, 11) is 0. The minimum absolute atomic E-state index is 0.238. The summed E-state index contributed by atoms with van der Waals surface area (Å²) in [6.45, 7) is 0. The first kappa shape index (κ1) is 8.03. The van der Waals surface area contributed by atoms with Crippen LogP contribution in [0.25, 0.3) is 5.65 Å². The third-order valence-electron chi connectivity index (χ3n) is 1.55. The second-order valence-electron chi connectivity index (χ2n) is 2.47. The number of aromatic nitrogens is 3. The number of imidazole rings is 1. The van der Waals surface area contributed by atoms with Crippen LogP contribution >= 0.6 is 0 Å². The van der Waals surface area contributed by atoms with Crippen molar-refractivity contribution in [3.8, 4) is 0 Å². The molecule has 0 aliphatic heterocycles. The Morgan fingerprint density at radius 2 is 2.08 bits per heavy atom. The second-order valence-corrected chi connectivity index (χ2v) is 2.47. The highest BCUT2D eigenvalue weighted by molar-refractivity contribution is 5.38. The van der Waals surface area contributed by atoms with Crippen molar-refractivity contribution in [3.63, 3.8) is 0 Å². The zero-order valence-corrected chi connectivity index (χ0v) is 6.28. The van der Waals surface area contributed by atoms with Crippen molar-refractivity contribution in [3.05, 3.63) is 30.5 Å². The second kappa shape index (κ2) is 2.45. The molecule has 0 amide bonds. The van der Waals surface area contributed by atoms with Gasteiger partial charge in [0, 0.05) is 12.4 Å². The summed E-state index contributed by atoms with van der Waals surface area (Å²) in [5.74, 6) is 0. The molecule has 0 fully saturated rings. The van der Waals surface area contributed by atoms with Crippen LogP contribution in [0.1, 0.15) is 5.69 Å². The first-order chi connectivity index (χ1) is 6.07. The van der Waals surface area contributed by atoms with Gasteiger partial charge in [-0.1, -0.05) is 0 Å². The molecule has 0 N–H and O–H groups in total. The van der Waals surface area contributed by atoms with Crippen LogP contribution in [0.3, 0.4) is 0 Å². The average molecular weight is 187 g/mol. The third kappa shape index (κ3) is 1.34. The Morgan fingerprint density at radius 1 is 1.31 bits per heavy atom. The summed E-state index contributed by atoms with van der Waals surface area (Å²) in [5.41, 5.74) is -0.664. The van der Waals surface area contributed by atoms with Gasteiger partial charge in [-0.15, -0.1) is 0 Å². The fourth-order valence-corrected chi connectivity index (χ4v) is 0.980. The lowest BCUT2D eigenvalue weighted by Crippen LogP contribution is -2.04. The normalized spacial score (nSPS) is 12.2. The van der Waals surface area contributed by atoms with Crippen molar-refractivity contribution in [1.29, 1.82) is 0 Å². The molecule has 0 unspecified atom stereocenters. The zero-order chi connectivity index (χ0) is 9.47. The zero-order valence-electron chi connectivity index (χ0n) is 6.28. The van der Waals surface area contributed by atoms with Gasteiger partial charge in [0.25, 0.3) is 0 Å². The molecule has 13 heavy (non-hydrogen) atoms. The highest BCUT2D eigenvalue weighted by Crippen LogP contribution is 2.27. The highest BCUT2D eigenvalue weighted by Gasteiger charge is 2.33. The Hall–Kier alpha value is -1.59. The smallest absolute Gasteiger partial charge is 0.290 e. The maximum atomic E-state index is 12.1. The van der Waals surface area contributed by atoms with E-state index in [4.69, 9.17) is 0 Å². The molecule has 3 nitrogen and oxygen atoms in total. The number of alkyl halides is 3. The molecule has 2 rings (SSSR count). The lowest BCUT2D eigenvalue weighted by Gasteiger charge is -1.98. The summed E-state index contributed by atoms with van der Waals surface area (Å²) < 4.78 is 37.6. The summed E-state index contributed by atoms with van der Waals surface area (Å²) in [5, 5.41) is 0. The number of hydrogen-bond acceptors (Lipinski definition) is 2. The molecule has 0 bridgehead atoms. The summed E-state index contributed by atoms with van der Waals surface area (Å²) in [6.07, 6.45) is -0.825. The standard InChI is InChI=1S/C7H4F3N3/c8-7(9,10)5-3-13-4-11-2-1-6(13)12-5/h1-4H. The van der Waals surface area contributed by atoms with Gasteiger partial charge in [-0.25, -0.2) is 9.97 Å². The van der Waals surface area contributed by atoms with Gasteiger partial charge in [-0.05, 0) is 6.07 Å². The molecule has 0 radical (unpaired) electrons. The molecule has 2 aromatic heterocycles. The molecule has 0 aromatic carbocycles. The van der Waals surface area contributed by atoms with E-state index in [9.17, 15) is 13.2 Å². The summed E-state index contributed by atoms with van der Waals surface area (Å²) >= 11 is 0. The molecule has 0 spiro atoms. The Morgan fingerprint density at radius 3 is 2.69 bits per heavy atom. The van der Waals surface area contributed by atoms with E-state index in [0.717, 1.165) is 6.20 Å². The lowest BCUT2D eigenvalue weighted by atomic mass is 10.5. The minimum Gasteiger partial charge on any atom is -0.290 e. The topological polar surface area (TPSA) is 30.2 Å². The van der Waals surface area contributed by atoms with Gasteiger partial charge in [0.2, 0.25) is 0 Å². The van der Waals surface area contributed by atoms with E-state index in [0.29, 0.717) is 0 Å². The molecule has 0 aliphatic rings. The van der Waals surface area contributed by atoms with Crippen molar-refractivity contribution in [2.24, 2.45) is 0 Å². The van der Waals surface area contributed by atoms with E-state index >= 15 is 0 Å². The van der Waals surface area contributed by atoms with Gasteiger partial charge >= 0.3 is 6.18 Å². The largest absolute Gasteiger partial charge is 0.434 e. The first-order valence-corrected chi connectivity index (χ1v) is 3.43. The monoisotopic (exact) mass is 187 g/mol. The van der Waals surface area contributed by atoms with Crippen LogP contribution in [-0.4, -0.2) is 14.4 Å². The fraction of sp³-hybridized carbons (Fsp3) is 0.143. The quantitative estimate of drug-likeness (QED) is 0.628. The van der Waals surface area contributed by atoms with E-state index in [-0.39, 0.29) is 5.65 Å². The fourth-order valence-electron chi connectivity index (χ4n) is 0.980. The highest BCUT2D eigenvalue weighted by atomic mass is 19.4. The number of hydrogen-bond donors (Lipinski definition) is 0. The number of nitrogens with zero attached hydrogens (tertiary/aromatic N) is 3. The molecule has 0 aliphatic carbocycles. The van der Waals surface area contributed by atoms with Crippen LogP contribution < -0.4 is 0 Å². The average Bonchev–Trinajstić information content (AvgIpc) is 2.45. The molecular formula is C7H4F3N3. The molecule has 0 saturated heterocycles. The van der Waals surface area contributed by atoms with Gasteiger partial charge in [0.1, 0.15) is 12.0 Å². The van der Waals surface area contributed by atoms with E-state index in [1.54, 1.807) is 0 Å². The summed E-state index contributed by atoms with van der Waals surface area (Å²) in [4.78, 5) is 7.05. The SMILES string of the molecule is FC(F)(F)c1cn2cnccc2n1. The van der Waals surface area contributed by atoms with Crippen LogP contribution in [0.5, 0.6) is 0 Å². The predicted molar refractivity (Wildman–Crippen MR) is 38.0 cm³/mol. The van der Waals surface area contributed by atoms with Crippen LogP contribution in [-0.2, 0) is 6.18 Å². The Bertz CT molecular complexity index is 399. The number of fused-ring (bicyclic) bond motifs is 1. The maximum absolute atomic E-state index is 12.1. The lowest BCUT2D eigenvalue weighted by molar-refractivity contribution is -0.140. The van der Waals surface area contributed by atoms with E-state index in [1.165, 1.54) is 23.0 Å². The van der Waals surface area contributed by atoms with Crippen LogP contribution in [0.2, 0.25) is 0 Å². The van der Waals surface area contributed by atoms with Gasteiger partial charge in [-0.3, -0.25) is 4.40 Å². The van der Waals surface area contributed by atoms with E-state index < -0.39 is 11.9 Å². The van der Waals surface area contributed by atoms with Crippen LogP contribution in [0, 0.1) is 0 Å². The Labute approximate surface area is 70.9 Å². The molecule has 68 valence electrons. The molecule has 0 saturated carbocycles. The predicted octanol–water partition coefficient (Wildman–Crippen LogP) is 1.75. The van der Waals surface area contributed by atoms with Crippen molar-refractivity contribution in [1.82, 2.24) is 14.4 Å². The maximum Gasteiger partial charge on any atom is 0.434 e. The van der Waals surface area contributed by atoms with Crippen molar-refractivity contribution >= 4 is 5.65 Å². The third-order valence-corrected chi connectivity index (χ3v) is 1.55. The van der Waals surface area contributed by atoms with E-state index in [2.05, 4.69) is 9.97 Å². The van der Waals surface area contributed by atoms with Gasteiger partial charge < -0.3 is 0 Å². The molecule has 0 atom stereocenters. The minimum atomic E-state index is -4.40.